The molecule has 1 spiro atoms. The topological polar surface area (TPSA) is 93.7 Å². The third kappa shape index (κ3) is 3.10. The van der Waals surface area contributed by atoms with Gasteiger partial charge in [-0.05, 0) is 24.3 Å². The van der Waals surface area contributed by atoms with Crippen molar-refractivity contribution in [1.82, 2.24) is 0 Å². The van der Waals surface area contributed by atoms with Crippen LogP contribution in [0.4, 0.5) is 24.5 Å². The molecule has 1 unspecified atom stereocenters. The molecule has 1 amide bonds. The molecule has 7 nitrogen and oxygen atoms in total. The second kappa shape index (κ2) is 7.02. The number of alkyl halides is 3. The number of esters is 2. The minimum absolute atomic E-state index is 0.192. The molecule has 1 atom stereocenters. The minimum atomic E-state index is -4.75. The zero-order valence-corrected chi connectivity index (χ0v) is 16.4. The number of carbonyl (C=O) groups is 3. The van der Waals surface area contributed by atoms with E-state index < -0.39 is 51.5 Å². The third-order valence-corrected chi connectivity index (χ3v) is 5.19. The molecule has 31 heavy (non-hydrogen) atoms. The van der Waals surface area contributed by atoms with Gasteiger partial charge in [-0.1, -0.05) is 29.8 Å². The van der Waals surface area contributed by atoms with Crippen LogP contribution in [0, 0.1) is 0 Å². The molecule has 0 aliphatic carbocycles. The van der Waals surface area contributed by atoms with Crippen LogP contribution in [0.2, 0.25) is 5.02 Å². The fourth-order valence-electron chi connectivity index (χ4n) is 3.53. The average molecular weight is 453 g/mol. The van der Waals surface area contributed by atoms with Crippen molar-refractivity contribution in [3.8, 4) is 0 Å². The van der Waals surface area contributed by atoms with Crippen molar-refractivity contribution in [3.05, 3.63) is 69.9 Å². The summed E-state index contributed by atoms with van der Waals surface area (Å²) in [5.41, 5.74) is -3.98. The lowest BCUT2D eigenvalue weighted by molar-refractivity contribution is -0.156. The molecule has 2 heterocycles. The van der Waals surface area contributed by atoms with Crippen molar-refractivity contribution >= 4 is 40.8 Å². The van der Waals surface area contributed by atoms with E-state index in [4.69, 9.17) is 21.1 Å². The molecule has 11 heteroatoms. The number of hydrogen-bond acceptors (Lipinski definition) is 6. The highest BCUT2D eigenvalue weighted by Crippen LogP contribution is 2.49. The molecule has 2 N–H and O–H groups in total. The Morgan fingerprint density at radius 3 is 2.58 bits per heavy atom. The highest BCUT2D eigenvalue weighted by Gasteiger charge is 2.62. The monoisotopic (exact) mass is 452 g/mol. The first-order valence-electron chi connectivity index (χ1n) is 8.70. The Labute approximate surface area is 177 Å². The fourth-order valence-corrected chi connectivity index (χ4v) is 3.75. The lowest BCUT2D eigenvalue weighted by Gasteiger charge is -2.22. The first kappa shape index (κ1) is 20.7. The van der Waals surface area contributed by atoms with Crippen LogP contribution in [0.25, 0.3) is 0 Å². The van der Waals surface area contributed by atoms with E-state index in [-0.39, 0.29) is 11.3 Å². The lowest BCUT2D eigenvalue weighted by Crippen LogP contribution is -2.39. The van der Waals surface area contributed by atoms with Gasteiger partial charge in [-0.3, -0.25) is 4.79 Å². The number of carbonyl (C=O) groups excluding carboxylic acids is 3. The van der Waals surface area contributed by atoms with Crippen molar-refractivity contribution < 1.29 is 37.0 Å². The first-order valence-corrected chi connectivity index (χ1v) is 9.08. The van der Waals surface area contributed by atoms with Gasteiger partial charge in [-0.25, -0.2) is 9.59 Å². The standard InChI is InChI=1S/C20H12ClF3N2O5/c1-30-16(27)14-15(25-9-6-7-12(21)11(8-9)20(22,23)24)17(28)31-19(14)10-4-2-3-5-13(10)26-18(19)29/h2-8,25H,1H3,(H,26,29). The molecular formula is C20H12ClF3N2O5. The summed E-state index contributed by atoms with van der Waals surface area (Å²) in [6.07, 6.45) is -4.75. The Morgan fingerprint density at radius 2 is 1.90 bits per heavy atom. The van der Waals surface area contributed by atoms with Gasteiger partial charge in [0.05, 0.1) is 17.7 Å². The molecule has 2 aliphatic heterocycles. The largest absolute Gasteiger partial charge is 0.465 e. The van der Waals surface area contributed by atoms with E-state index in [1.807, 2.05) is 0 Å². The second-order valence-electron chi connectivity index (χ2n) is 6.63. The summed E-state index contributed by atoms with van der Waals surface area (Å²) < 4.78 is 49.7. The Hall–Kier alpha value is -3.53. The number of anilines is 2. The van der Waals surface area contributed by atoms with E-state index in [1.54, 1.807) is 18.2 Å². The zero-order chi connectivity index (χ0) is 22.6. The molecule has 0 saturated carbocycles. The molecule has 2 aromatic rings. The number of methoxy groups -OCH3 is 1. The predicted octanol–water partition coefficient (Wildman–Crippen LogP) is 3.60. The Kier molecular flexibility index (Phi) is 4.69. The smallest absolute Gasteiger partial charge is 0.417 e. The molecule has 160 valence electrons. The van der Waals surface area contributed by atoms with E-state index in [2.05, 4.69) is 10.6 Å². The van der Waals surface area contributed by atoms with Crippen molar-refractivity contribution in [2.75, 3.05) is 17.7 Å². The van der Waals surface area contributed by atoms with E-state index in [0.717, 1.165) is 13.2 Å². The number of hydrogen-bond donors (Lipinski definition) is 2. The number of amides is 1. The zero-order valence-electron chi connectivity index (χ0n) is 15.6. The van der Waals surface area contributed by atoms with Crippen LogP contribution in [-0.2, 0) is 35.6 Å². The number of ether oxygens (including phenoxy) is 2. The van der Waals surface area contributed by atoms with Crippen molar-refractivity contribution in [2.24, 2.45) is 0 Å². The van der Waals surface area contributed by atoms with E-state index >= 15 is 0 Å². The van der Waals surface area contributed by atoms with Crippen LogP contribution in [0.3, 0.4) is 0 Å². The fraction of sp³-hybridized carbons (Fsp3) is 0.150. The van der Waals surface area contributed by atoms with Gasteiger partial charge < -0.3 is 20.1 Å². The molecule has 2 aromatic carbocycles. The normalized spacial score (nSPS) is 19.9. The number of para-hydroxylation sites is 1. The summed E-state index contributed by atoms with van der Waals surface area (Å²) in [5, 5.41) is 4.45. The van der Waals surface area contributed by atoms with Gasteiger partial charge in [-0.2, -0.15) is 13.2 Å². The summed E-state index contributed by atoms with van der Waals surface area (Å²) in [5.74, 6) is -2.99. The minimum Gasteiger partial charge on any atom is -0.465 e. The maximum absolute atomic E-state index is 13.2. The van der Waals surface area contributed by atoms with Crippen LogP contribution in [0.1, 0.15) is 11.1 Å². The Bertz CT molecular complexity index is 1180. The van der Waals surface area contributed by atoms with Gasteiger partial charge in [0.25, 0.3) is 11.5 Å². The van der Waals surface area contributed by atoms with Gasteiger partial charge in [0.1, 0.15) is 11.3 Å². The molecule has 0 bridgehead atoms. The van der Waals surface area contributed by atoms with E-state index in [0.29, 0.717) is 11.8 Å². The number of fused-ring (bicyclic) bond motifs is 2. The Balaban J connectivity index is 1.88. The van der Waals surface area contributed by atoms with E-state index in [9.17, 15) is 27.6 Å². The molecular weight excluding hydrogens is 441 g/mol. The molecule has 0 fully saturated rings. The summed E-state index contributed by atoms with van der Waals surface area (Å²) in [4.78, 5) is 38.2. The van der Waals surface area contributed by atoms with Crippen molar-refractivity contribution in [2.45, 2.75) is 11.8 Å². The second-order valence-corrected chi connectivity index (χ2v) is 7.04. The van der Waals surface area contributed by atoms with Gasteiger partial charge in [0.2, 0.25) is 0 Å². The predicted molar refractivity (Wildman–Crippen MR) is 102 cm³/mol. The van der Waals surface area contributed by atoms with Crippen LogP contribution in [0.15, 0.2) is 53.7 Å². The van der Waals surface area contributed by atoms with Gasteiger partial charge in [0.15, 0.2) is 0 Å². The SMILES string of the molecule is COC(=O)C1=C(Nc2ccc(Cl)c(C(F)(F)F)c2)C(=O)OC12C(=O)Nc1ccccc12. The number of halogens is 4. The summed E-state index contributed by atoms with van der Waals surface area (Å²) in [6.45, 7) is 0. The quantitative estimate of drug-likeness (QED) is 0.691. The van der Waals surface area contributed by atoms with E-state index in [1.165, 1.54) is 12.1 Å². The summed E-state index contributed by atoms with van der Waals surface area (Å²) in [7, 11) is 1.03. The van der Waals surface area contributed by atoms with Crippen LogP contribution in [0.5, 0.6) is 0 Å². The van der Waals surface area contributed by atoms with Gasteiger partial charge in [-0.15, -0.1) is 0 Å². The highest BCUT2D eigenvalue weighted by molar-refractivity contribution is 6.31. The van der Waals surface area contributed by atoms with Crippen molar-refractivity contribution in [1.29, 1.82) is 0 Å². The molecule has 0 saturated heterocycles. The van der Waals surface area contributed by atoms with Crippen LogP contribution in [-0.4, -0.2) is 25.0 Å². The average Bonchev–Trinajstić information content (AvgIpc) is 3.16. The molecule has 2 aliphatic rings. The highest BCUT2D eigenvalue weighted by atomic mass is 35.5. The number of nitrogens with one attached hydrogen (secondary N) is 2. The Morgan fingerprint density at radius 1 is 1.19 bits per heavy atom. The summed E-state index contributed by atoms with van der Waals surface area (Å²) in [6, 6.07) is 9.07. The maximum Gasteiger partial charge on any atom is 0.417 e. The number of benzene rings is 2. The van der Waals surface area contributed by atoms with Crippen molar-refractivity contribution in [3.63, 3.8) is 0 Å². The number of rotatable bonds is 3. The lowest BCUT2D eigenvalue weighted by atomic mass is 9.87. The van der Waals surface area contributed by atoms with Gasteiger partial charge in [0, 0.05) is 16.9 Å². The molecule has 0 radical (unpaired) electrons. The van der Waals surface area contributed by atoms with Gasteiger partial charge >= 0.3 is 18.1 Å². The molecule has 4 rings (SSSR count). The molecule has 0 aromatic heterocycles. The van der Waals surface area contributed by atoms with Crippen LogP contribution < -0.4 is 10.6 Å². The first-order chi connectivity index (χ1) is 14.6. The summed E-state index contributed by atoms with van der Waals surface area (Å²) >= 11 is 5.62. The third-order valence-electron chi connectivity index (χ3n) is 4.86. The maximum atomic E-state index is 13.2. The van der Waals surface area contributed by atoms with Crippen LogP contribution >= 0.6 is 11.6 Å².